The van der Waals surface area contributed by atoms with Gasteiger partial charge in [0.05, 0.1) is 32.8 Å². The number of anilines is 1. The van der Waals surface area contributed by atoms with E-state index in [1.165, 1.54) is 23.7 Å². The van der Waals surface area contributed by atoms with Crippen LogP contribution in [0.5, 0.6) is 5.75 Å². The van der Waals surface area contributed by atoms with E-state index in [0.717, 1.165) is 71.8 Å². The van der Waals surface area contributed by atoms with Crippen LogP contribution in [-0.2, 0) is 37.7 Å². The molecule has 0 aromatic heterocycles. The van der Waals surface area contributed by atoms with Crippen LogP contribution in [0, 0.1) is 0 Å². The molecule has 2 aromatic rings. The molecule has 9 nitrogen and oxygen atoms in total. The van der Waals surface area contributed by atoms with Crippen LogP contribution in [0.1, 0.15) is 95.0 Å². The summed E-state index contributed by atoms with van der Waals surface area (Å²) in [6.07, 6.45) is 5.00. The van der Waals surface area contributed by atoms with Crippen LogP contribution in [0.25, 0.3) is 6.08 Å². The van der Waals surface area contributed by atoms with E-state index >= 15 is 0 Å². The molecule has 46 heavy (non-hydrogen) atoms. The molecular weight excluding hydrogens is 602 g/mol. The van der Waals surface area contributed by atoms with Crippen molar-refractivity contribution in [2.45, 2.75) is 101 Å². The first-order valence-corrected chi connectivity index (χ1v) is 18.0. The molecule has 5 aliphatic heterocycles. The van der Waals surface area contributed by atoms with E-state index in [1.54, 1.807) is 0 Å². The normalized spacial score (nSPS) is 25.8. The Kier molecular flexibility index (Phi) is 7.09. The molecule has 0 spiro atoms. The van der Waals surface area contributed by atoms with Crippen LogP contribution < -0.4 is 15.0 Å². The number of rotatable bonds is 7. The lowest BCUT2D eigenvalue weighted by Crippen LogP contribution is -2.47. The quantitative estimate of drug-likeness (QED) is 0.320. The van der Waals surface area contributed by atoms with Gasteiger partial charge in [0.25, 0.3) is 0 Å². The highest BCUT2D eigenvalue weighted by molar-refractivity contribution is 7.86. The number of fused-ring (bicyclic) bond motifs is 6. The molecule has 246 valence electrons. The number of nitrogens with one attached hydrogen (secondary N) is 1. The molecule has 0 amide bonds. The zero-order valence-corrected chi connectivity index (χ0v) is 28.5. The first-order chi connectivity index (χ1) is 21.5. The summed E-state index contributed by atoms with van der Waals surface area (Å²) in [7, 11) is -4.38. The van der Waals surface area contributed by atoms with E-state index in [2.05, 4.69) is 54.6 Å². The molecule has 0 saturated heterocycles. The van der Waals surface area contributed by atoms with Gasteiger partial charge in [-0.15, -0.1) is 0 Å². The van der Waals surface area contributed by atoms with Crippen molar-refractivity contribution in [3.8, 4) is 5.75 Å². The van der Waals surface area contributed by atoms with E-state index in [-0.39, 0.29) is 29.9 Å². The van der Waals surface area contributed by atoms with Crippen LogP contribution in [-0.4, -0.2) is 71.9 Å². The van der Waals surface area contributed by atoms with Crippen molar-refractivity contribution >= 4 is 39.2 Å². The van der Waals surface area contributed by atoms with Gasteiger partial charge in [0, 0.05) is 61.0 Å². The molecule has 0 bridgehead atoms. The average molecular weight is 648 g/mol. The topological polar surface area (TPSA) is 122 Å². The maximum absolute atomic E-state index is 12.5. The maximum Gasteiger partial charge on any atom is 0.304 e. The number of carbonyl (C=O) groups is 1. The second-order valence-corrected chi connectivity index (χ2v) is 17.3. The fraction of sp³-hybridized carbons (Fsp3) is 0.556. The van der Waals surface area contributed by atoms with Gasteiger partial charge in [0.2, 0.25) is 5.69 Å². The largest absolute Gasteiger partial charge is 0.748 e. The highest BCUT2D eigenvalue weighted by Gasteiger charge is 2.56. The molecule has 3 atom stereocenters. The van der Waals surface area contributed by atoms with Gasteiger partial charge in [0.1, 0.15) is 11.9 Å². The Balaban J connectivity index is 1.33. The Morgan fingerprint density at radius 1 is 1.13 bits per heavy atom. The Hall–Kier alpha value is -3.21. The first kappa shape index (κ1) is 31.4. The number of hydrogen-bond acceptors (Lipinski definition) is 7. The highest BCUT2D eigenvalue weighted by Crippen LogP contribution is 2.56. The van der Waals surface area contributed by atoms with E-state index in [9.17, 15) is 22.9 Å². The molecule has 3 unspecified atom stereocenters. The van der Waals surface area contributed by atoms with Crippen molar-refractivity contribution in [1.82, 2.24) is 5.32 Å². The molecule has 2 aromatic carbocycles. The van der Waals surface area contributed by atoms with Crippen LogP contribution >= 0.6 is 0 Å². The monoisotopic (exact) mass is 647 g/mol. The van der Waals surface area contributed by atoms with Gasteiger partial charge in [-0.25, -0.2) is 8.42 Å². The molecule has 10 heteroatoms. The molecule has 0 radical (unpaired) electrons. The smallest absolute Gasteiger partial charge is 0.304 e. The molecular formula is C36H45N3O6S. The van der Waals surface area contributed by atoms with Gasteiger partial charge < -0.3 is 24.6 Å². The lowest BCUT2D eigenvalue weighted by atomic mass is 9.67. The van der Waals surface area contributed by atoms with Gasteiger partial charge in [0.15, 0.2) is 12.3 Å². The fourth-order valence-electron chi connectivity index (χ4n) is 8.58. The van der Waals surface area contributed by atoms with Crippen molar-refractivity contribution in [1.29, 1.82) is 0 Å². The van der Waals surface area contributed by atoms with E-state index in [0.29, 0.717) is 13.1 Å². The second-order valence-electron chi connectivity index (χ2n) is 15.5. The van der Waals surface area contributed by atoms with Crippen LogP contribution in [0.2, 0.25) is 0 Å². The van der Waals surface area contributed by atoms with Gasteiger partial charge >= 0.3 is 5.97 Å². The van der Waals surface area contributed by atoms with Gasteiger partial charge in [-0.05, 0) is 66.9 Å². The number of aliphatic carboxylic acids is 1. The molecule has 0 saturated carbocycles. The lowest BCUT2D eigenvalue weighted by Gasteiger charge is -2.49. The van der Waals surface area contributed by atoms with Crippen LogP contribution in [0.4, 0.5) is 11.4 Å². The Morgan fingerprint density at radius 3 is 2.54 bits per heavy atom. The predicted octanol–water partition coefficient (Wildman–Crippen LogP) is 4.96. The van der Waals surface area contributed by atoms with Crippen molar-refractivity contribution in [3.05, 3.63) is 57.7 Å². The Bertz CT molecular complexity index is 1840. The van der Waals surface area contributed by atoms with Crippen LogP contribution in [0.15, 0.2) is 29.8 Å². The molecule has 5 aliphatic rings. The molecule has 5 heterocycles. The number of carboxylic acid groups (broad SMARTS) is 1. The van der Waals surface area contributed by atoms with E-state index < -0.39 is 26.8 Å². The molecule has 0 aliphatic carbocycles. The van der Waals surface area contributed by atoms with E-state index in [4.69, 9.17) is 4.74 Å². The third kappa shape index (κ3) is 4.82. The van der Waals surface area contributed by atoms with Gasteiger partial charge in [-0.1, -0.05) is 33.8 Å². The van der Waals surface area contributed by atoms with Crippen molar-refractivity contribution in [2.75, 3.05) is 31.1 Å². The second kappa shape index (κ2) is 10.4. The lowest BCUT2D eigenvalue weighted by molar-refractivity contribution is -0.444. The summed E-state index contributed by atoms with van der Waals surface area (Å²) in [5, 5.41) is 12.3. The number of carboxylic acids is 1. The minimum atomic E-state index is -4.38. The Morgan fingerprint density at radius 2 is 1.85 bits per heavy atom. The first-order valence-electron chi connectivity index (χ1n) is 16.5. The average Bonchev–Trinajstić information content (AvgIpc) is 3.21. The summed E-state index contributed by atoms with van der Waals surface area (Å²) in [4.78, 5) is 15.0. The number of ether oxygens (including phenoxy) is 1. The van der Waals surface area contributed by atoms with Gasteiger partial charge in [-0.2, -0.15) is 4.58 Å². The molecule has 0 fully saturated rings. The zero-order chi connectivity index (χ0) is 33.0. The van der Waals surface area contributed by atoms with Crippen molar-refractivity contribution in [2.24, 2.45) is 0 Å². The standard InChI is InChI=1S/C36H45N3O6S/c1-21(46(42,43)44)19-37-20-22-7-8-27-25(15-22)36(6,18-29(40)41)33-24-16-23-17-26-31-30(32(23)45-28(24)9-12-39(27)33)35(4,5)11-14-38(31)13-10-34(26,2)3/h7-8,15-17,21,28,37H,9-14,18-20H2,1-6H3,(H-,40,41,42,43,44). The minimum absolute atomic E-state index is 0.0277. The maximum atomic E-state index is 12.5. The van der Waals surface area contributed by atoms with Gasteiger partial charge in [-0.3, -0.25) is 4.79 Å². The zero-order valence-electron chi connectivity index (χ0n) is 27.7. The summed E-state index contributed by atoms with van der Waals surface area (Å²) in [5.74, 6) is 0.120. The SMILES string of the molecule is CC(CNCc1ccc2c(c1)C(C)(CC(=O)O)C1=[N+]2CCC2Oc3c(cc4c5c3C(C)(C)CCN5CCC4(C)C)C=C12)S(=O)(=O)[O-]. The van der Waals surface area contributed by atoms with Crippen molar-refractivity contribution < 1.29 is 32.2 Å². The summed E-state index contributed by atoms with van der Waals surface area (Å²) in [6, 6.07) is 8.42. The summed E-state index contributed by atoms with van der Waals surface area (Å²) >= 11 is 0. The Labute approximate surface area is 272 Å². The third-order valence-corrected chi connectivity index (χ3v) is 12.5. The number of nitrogens with zero attached hydrogens (tertiary/aromatic N) is 2. The number of hydrogen-bond donors (Lipinski definition) is 2. The van der Waals surface area contributed by atoms with Crippen molar-refractivity contribution in [3.63, 3.8) is 0 Å². The van der Waals surface area contributed by atoms with Crippen LogP contribution in [0.3, 0.4) is 0 Å². The highest BCUT2D eigenvalue weighted by atomic mass is 32.2. The minimum Gasteiger partial charge on any atom is -0.748 e. The fourth-order valence-corrected chi connectivity index (χ4v) is 8.90. The number of benzene rings is 2. The summed E-state index contributed by atoms with van der Waals surface area (Å²) in [6.45, 7) is 16.0. The predicted molar refractivity (Wildman–Crippen MR) is 178 cm³/mol. The van der Waals surface area contributed by atoms with E-state index in [1.807, 2.05) is 25.1 Å². The third-order valence-electron chi connectivity index (χ3n) is 11.3. The summed E-state index contributed by atoms with van der Waals surface area (Å²) < 4.78 is 43.4. The molecule has 2 N–H and O–H groups in total. The summed E-state index contributed by atoms with van der Waals surface area (Å²) in [5.41, 5.74) is 9.24. The molecule has 7 rings (SSSR count).